The van der Waals surface area contributed by atoms with Gasteiger partial charge in [0.15, 0.2) is 11.0 Å². The smallest absolute Gasteiger partial charge is 0.230 e. The second-order valence-corrected chi connectivity index (χ2v) is 8.98. The molecule has 6 heteroatoms. The van der Waals surface area contributed by atoms with Crippen LogP contribution in [-0.2, 0) is 16.8 Å². The number of carbonyl (C=O) groups is 1. The van der Waals surface area contributed by atoms with E-state index in [9.17, 15) is 4.79 Å². The average molecular weight is 421 g/mol. The number of nitrogens with one attached hydrogen (secondary N) is 1. The highest BCUT2D eigenvalue weighted by Crippen LogP contribution is 2.47. The molecule has 0 saturated heterocycles. The van der Waals surface area contributed by atoms with Crippen LogP contribution in [0.2, 0.25) is 0 Å². The van der Waals surface area contributed by atoms with E-state index < -0.39 is 0 Å². The minimum Gasteiger partial charge on any atom is -0.354 e. The Morgan fingerprint density at radius 2 is 1.93 bits per heavy atom. The van der Waals surface area contributed by atoms with Crippen molar-refractivity contribution < 1.29 is 4.79 Å². The second-order valence-electron chi connectivity index (χ2n) is 8.04. The summed E-state index contributed by atoms with van der Waals surface area (Å²) in [6.45, 7) is 5.75. The number of thioether (sulfide) groups is 1. The summed E-state index contributed by atoms with van der Waals surface area (Å²) in [5.74, 6) is 1.26. The molecule has 0 unspecified atom stereocenters. The molecule has 1 saturated carbocycles. The average Bonchev–Trinajstić information content (AvgIpc) is 3.46. The first-order valence-electron chi connectivity index (χ1n) is 10.6. The topological polar surface area (TPSA) is 59.8 Å². The van der Waals surface area contributed by atoms with E-state index >= 15 is 0 Å². The molecule has 30 heavy (non-hydrogen) atoms. The molecule has 4 rings (SSSR count). The van der Waals surface area contributed by atoms with Crippen LogP contribution in [0.1, 0.15) is 37.3 Å². The Labute approximate surface area is 182 Å². The third kappa shape index (κ3) is 4.59. The summed E-state index contributed by atoms with van der Waals surface area (Å²) in [7, 11) is 0. The molecule has 0 bridgehead atoms. The highest BCUT2D eigenvalue weighted by Gasteiger charge is 2.44. The minimum atomic E-state index is 0.0466. The van der Waals surface area contributed by atoms with Crippen LogP contribution in [0, 0.1) is 6.92 Å². The number of hydrogen-bond acceptors (Lipinski definition) is 4. The van der Waals surface area contributed by atoms with Gasteiger partial charge in [0.05, 0.1) is 5.75 Å². The first-order valence-corrected chi connectivity index (χ1v) is 11.6. The summed E-state index contributed by atoms with van der Waals surface area (Å²) in [5.41, 5.74) is 3.70. The van der Waals surface area contributed by atoms with Crippen LogP contribution in [0.5, 0.6) is 0 Å². The maximum absolute atomic E-state index is 12.5. The first-order chi connectivity index (χ1) is 14.6. The number of benzene rings is 2. The number of amides is 1. The monoisotopic (exact) mass is 420 g/mol. The van der Waals surface area contributed by atoms with Gasteiger partial charge in [-0.15, -0.1) is 10.2 Å². The van der Waals surface area contributed by atoms with E-state index in [2.05, 4.69) is 76.4 Å². The Balaban J connectivity index is 1.38. The quantitative estimate of drug-likeness (QED) is 0.514. The lowest BCUT2D eigenvalue weighted by Gasteiger charge is -2.16. The molecule has 2 aromatic carbocycles. The summed E-state index contributed by atoms with van der Waals surface area (Å²) in [4.78, 5) is 12.5. The van der Waals surface area contributed by atoms with Crippen LogP contribution < -0.4 is 5.32 Å². The molecule has 0 spiro atoms. The third-order valence-electron chi connectivity index (χ3n) is 5.64. The van der Waals surface area contributed by atoms with Gasteiger partial charge in [0.25, 0.3) is 0 Å². The molecule has 1 amide bonds. The maximum Gasteiger partial charge on any atom is 0.230 e. The molecule has 5 nitrogen and oxygen atoms in total. The predicted octanol–water partition coefficient (Wildman–Crippen LogP) is 4.60. The number of aromatic nitrogens is 3. The number of rotatable bonds is 9. The van der Waals surface area contributed by atoms with Gasteiger partial charge in [-0.05, 0) is 37.8 Å². The van der Waals surface area contributed by atoms with Crippen LogP contribution in [-0.4, -0.2) is 33.0 Å². The van der Waals surface area contributed by atoms with E-state index in [0.29, 0.717) is 12.3 Å². The van der Waals surface area contributed by atoms with Gasteiger partial charge in [-0.25, -0.2) is 0 Å². The highest BCUT2D eigenvalue weighted by atomic mass is 32.2. The van der Waals surface area contributed by atoms with Crippen molar-refractivity contribution in [3.63, 3.8) is 0 Å². The summed E-state index contributed by atoms with van der Waals surface area (Å²) in [5, 5.41) is 12.7. The van der Waals surface area contributed by atoms with Crippen molar-refractivity contribution in [1.82, 2.24) is 20.1 Å². The van der Waals surface area contributed by atoms with Crippen molar-refractivity contribution in [2.45, 2.75) is 50.2 Å². The zero-order chi connectivity index (χ0) is 21.0. The Hall–Kier alpha value is -2.60. The largest absolute Gasteiger partial charge is 0.354 e. The number of hydrogen-bond donors (Lipinski definition) is 1. The van der Waals surface area contributed by atoms with Crippen molar-refractivity contribution >= 4 is 17.7 Å². The van der Waals surface area contributed by atoms with E-state index in [1.807, 2.05) is 12.1 Å². The van der Waals surface area contributed by atoms with Crippen LogP contribution in [0.3, 0.4) is 0 Å². The van der Waals surface area contributed by atoms with Gasteiger partial charge >= 0.3 is 0 Å². The van der Waals surface area contributed by atoms with Crippen LogP contribution >= 0.6 is 11.8 Å². The minimum absolute atomic E-state index is 0.0466. The highest BCUT2D eigenvalue weighted by molar-refractivity contribution is 7.99. The Morgan fingerprint density at radius 3 is 2.63 bits per heavy atom. The number of carbonyl (C=O) groups excluding carboxylic acids is 1. The van der Waals surface area contributed by atoms with Crippen molar-refractivity contribution in [1.29, 1.82) is 0 Å². The van der Waals surface area contributed by atoms with E-state index in [-0.39, 0.29) is 11.3 Å². The van der Waals surface area contributed by atoms with Gasteiger partial charge < -0.3 is 9.88 Å². The lowest BCUT2D eigenvalue weighted by Crippen LogP contribution is -2.33. The summed E-state index contributed by atoms with van der Waals surface area (Å²) < 4.78 is 2.12. The van der Waals surface area contributed by atoms with E-state index in [1.165, 1.54) is 22.9 Å². The van der Waals surface area contributed by atoms with Crippen LogP contribution in [0.15, 0.2) is 59.8 Å². The standard InChI is InChI=1S/C24H28N4OS/c1-3-14-28-22(19-9-7-8-18(2)15-19)26-27-23(28)30-16-21(29)25-17-24(12-13-24)20-10-5-4-6-11-20/h4-11,15H,3,12-14,16-17H2,1-2H3,(H,25,29). The summed E-state index contributed by atoms with van der Waals surface area (Å²) in [6.07, 6.45) is 3.25. The molecular weight excluding hydrogens is 392 g/mol. The Bertz CT molecular complexity index is 1010. The molecule has 0 radical (unpaired) electrons. The van der Waals surface area contributed by atoms with E-state index in [0.717, 1.165) is 42.4 Å². The Morgan fingerprint density at radius 1 is 1.13 bits per heavy atom. The molecule has 156 valence electrons. The first kappa shape index (κ1) is 20.7. The normalized spacial score (nSPS) is 14.5. The molecule has 0 aliphatic heterocycles. The zero-order valence-electron chi connectivity index (χ0n) is 17.6. The predicted molar refractivity (Wildman–Crippen MR) is 122 cm³/mol. The molecule has 1 aliphatic carbocycles. The van der Waals surface area contributed by atoms with Gasteiger partial charge in [-0.2, -0.15) is 0 Å². The molecular formula is C24H28N4OS. The lowest BCUT2D eigenvalue weighted by atomic mass is 9.96. The third-order valence-corrected chi connectivity index (χ3v) is 6.60. The van der Waals surface area contributed by atoms with Crippen molar-refractivity contribution in [2.24, 2.45) is 0 Å². The van der Waals surface area contributed by atoms with E-state index in [4.69, 9.17) is 0 Å². The molecule has 3 aromatic rings. The molecule has 1 aliphatic rings. The van der Waals surface area contributed by atoms with Gasteiger partial charge in [-0.1, -0.05) is 72.8 Å². The Kier molecular flexibility index (Phi) is 6.23. The van der Waals surface area contributed by atoms with Gasteiger partial charge in [0.2, 0.25) is 5.91 Å². The number of aryl methyl sites for hydroxylation is 1. The van der Waals surface area contributed by atoms with Crippen molar-refractivity contribution in [3.05, 3.63) is 65.7 Å². The zero-order valence-corrected chi connectivity index (χ0v) is 18.4. The fraction of sp³-hybridized carbons (Fsp3) is 0.375. The fourth-order valence-electron chi connectivity index (χ4n) is 3.78. The van der Waals surface area contributed by atoms with Gasteiger partial charge in [0.1, 0.15) is 0 Å². The second kappa shape index (κ2) is 9.04. The van der Waals surface area contributed by atoms with Crippen molar-refractivity contribution in [3.8, 4) is 11.4 Å². The molecule has 1 aromatic heterocycles. The lowest BCUT2D eigenvalue weighted by molar-refractivity contribution is -0.118. The molecule has 1 fully saturated rings. The molecule has 0 atom stereocenters. The summed E-state index contributed by atoms with van der Waals surface area (Å²) >= 11 is 1.46. The van der Waals surface area contributed by atoms with Gasteiger partial charge in [0, 0.05) is 24.1 Å². The van der Waals surface area contributed by atoms with Crippen molar-refractivity contribution in [2.75, 3.05) is 12.3 Å². The molecule has 1 heterocycles. The number of nitrogens with zero attached hydrogens (tertiary/aromatic N) is 3. The fourth-order valence-corrected chi connectivity index (χ4v) is 4.57. The summed E-state index contributed by atoms with van der Waals surface area (Å²) in [6, 6.07) is 18.8. The maximum atomic E-state index is 12.5. The SMILES string of the molecule is CCCn1c(SCC(=O)NCC2(c3ccccc3)CC2)nnc1-c1cccc(C)c1. The van der Waals surface area contributed by atoms with E-state index in [1.54, 1.807) is 0 Å². The van der Waals surface area contributed by atoms with Gasteiger partial charge in [-0.3, -0.25) is 4.79 Å². The van der Waals surface area contributed by atoms with Crippen LogP contribution in [0.25, 0.3) is 11.4 Å². The molecule has 1 N–H and O–H groups in total. The van der Waals surface area contributed by atoms with Crippen LogP contribution in [0.4, 0.5) is 0 Å².